The Labute approximate surface area is 234 Å². The summed E-state index contributed by atoms with van der Waals surface area (Å²) in [4.78, 5) is 12.4. The molecule has 1 aliphatic rings. The largest absolute Gasteiger partial charge is 0.481 e. The molecule has 1 aliphatic heterocycles. The van der Waals surface area contributed by atoms with Gasteiger partial charge in [-0.05, 0) is 66.9 Å². The van der Waals surface area contributed by atoms with E-state index >= 15 is 0 Å². The number of hydrogen-bond donors (Lipinski definition) is 1. The molecule has 0 saturated heterocycles. The van der Waals surface area contributed by atoms with Crippen molar-refractivity contribution >= 4 is 50.6 Å². The molecule has 0 saturated carbocycles. The van der Waals surface area contributed by atoms with E-state index in [9.17, 15) is 35.9 Å². The number of anilines is 2. The number of sulfonamides is 1. The standard InChI is InChI=1S/C28H25ClF4N2O4S/c1-17(27-22(29)7-4-8-23(27)30)13-18-9-11-24-25(14-18)35(16-20(34(24)2)10-12-26(36)37)40(38,39)21-6-3-5-19(15-21)28(31,32)33/h3-9,11,13-15,20H,10,12,16H2,1-2H3,(H,36,37). The highest BCUT2D eigenvalue weighted by atomic mass is 35.5. The van der Waals surface area contributed by atoms with Crippen molar-refractivity contribution in [3.8, 4) is 0 Å². The van der Waals surface area contributed by atoms with Gasteiger partial charge in [-0.2, -0.15) is 13.2 Å². The summed E-state index contributed by atoms with van der Waals surface area (Å²) in [7, 11) is -2.81. The summed E-state index contributed by atoms with van der Waals surface area (Å²) in [5, 5.41) is 9.39. The minimum absolute atomic E-state index is 0.104. The Hall–Kier alpha value is -3.57. The predicted molar refractivity (Wildman–Crippen MR) is 146 cm³/mol. The lowest BCUT2D eigenvalue weighted by molar-refractivity contribution is -0.138. The summed E-state index contributed by atoms with van der Waals surface area (Å²) in [6.45, 7) is 1.45. The number of benzene rings is 3. The van der Waals surface area contributed by atoms with Gasteiger partial charge < -0.3 is 10.0 Å². The summed E-state index contributed by atoms with van der Waals surface area (Å²) < 4.78 is 83.3. The highest BCUT2D eigenvalue weighted by molar-refractivity contribution is 7.92. The molecule has 1 N–H and O–H groups in total. The zero-order valence-corrected chi connectivity index (χ0v) is 23.0. The summed E-state index contributed by atoms with van der Waals surface area (Å²) in [6, 6.07) is 12.0. The van der Waals surface area contributed by atoms with E-state index in [2.05, 4.69) is 0 Å². The second-order valence-electron chi connectivity index (χ2n) is 9.43. The first-order chi connectivity index (χ1) is 18.7. The van der Waals surface area contributed by atoms with Crippen LogP contribution in [0.15, 0.2) is 65.6 Å². The Balaban J connectivity index is 1.84. The molecule has 0 amide bonds. The number of rotatable bonds is 7. The van der Waals surface area contributed by atoms with Crippen LogP contribution in [-0.4, -0.2) is 39.1 Å². The van der Waals surface area contributed by atoms with Gasteiger partial charge in [-0.1, -0.05) is 35.9 Å². The number of aliphatic carboxylic acids is 1. The van der Waals surface area contributed by atoms with E-state index in [0.29, 0.717) is 22.9 Å². The molecule has 40 heavy (non-hydrogen) atoms. The van der Waals surface area contributed by atoms with Crippen LogP contribution in [0.1, 0.15) is 36.5 Å². The lowest BCUT2D eigenvalue weighted by Crippen LogP contribution is -2.49. The summed E-state index contributed by atoms with van der Waals surface area (Å²) >= 11 is 6.19. The second kappa shape index (κ2) is 11.1. The molecule has 0 spiro atoms. The van der Waals surface area contributed by atoms with Crippen molar-refractivity contribution < 1.29 is 35.9 Å². The Kier molecular flexibility index (Phi) is 8.18. The zero-order valence-electron chi connectivity index (χ0n) is 21.4. The predicted octanol–water partition coefficient (Wildman–Crippen LogP) is 6.94. The molecule has 3 aromatic rings. The van der Waals surface area contributed by atoms with E-state index in [4.69, 9.17) is 11.6 Å². The van der Waals surface area contributed by atoms with Crippen molar-refractivity contribution in [1.29, 1.82) is 0 Å². The average molecular weight is 597 g/mol. The molecule has 0 aromatic heterocycles. The SMILES string of the molecule is CC(=Cc1ccc2c(c1)N(S(=O)(=O)c1cccc(C(F)(F)F)c1)CC(CCC(=O)O)N2C)c1c(F)cccc1Cl. The lowest BCUT2D eigenvalue weighted by Gasteiger charge is -2.42. The van der Waals surface area contributed by atoms with Gasteiger partial charge in [0.25, 0.3) is 10.0 Å². The Morgan fingerprint density at radius 1 is 1.10 bits per heavy atom. The zero-order chi connectivity index (χ0) is 29.4. The number of fused-ring (bicyclic) bond motifs is 1. The average Bonchev–Trinajstić information content (AvgIpc) is 2.87. The topological polar surface area (TPSA) is 77.9 Å². The van der Waals surface area contributed by atoms with E-state index in [0.717, 1.165) is 22.5 Å². The third-order valence-corrected chi connectivity index (χ3v) is 8.84. The van der Waals surface area contributed by atoms with Crippen molar-refractivity contribution in [2.45, 2.75) is 36.9 Å². The summed E-state index contributed by atoms with van der Waals surface area (Å²) in [5.74, 6) is -1.59. The van der Waals surface area contributed by atoms with Crippen molar-refractivity contribution in [2.24, 2.45) is 0 Å². The fraction of sp³-hybridized carbons (Fsp3) is 0.250. The van der Waals surface area contributed by atoms with Crippen LogP contribution in [-0.2, 0) is 21.0 Å². The smallest absolute Gasteiger partial charge is 0.416 e. The van der Waals surface area contributed by atoms with Gasteiger partial charge in [0.1, 0.15) is 5.82 Å². The minimum atomic E-state index is -4.75. The number of carbonyl (C=O) groups is 1. The Bertz CT molecular complexity index is 1570. The molecule has 12 heteroatoms. The fourth-order valence-electron chi connectivity index (χ4n) is 4.70. The number of carboxylic acids is 1. The van der Waals surface area contributed by atoms with Crippen LogP contribution in [0, 0.1) is 5.82 Å². The monoisotopic (exact) mass is 596 g/mol. The molecular weight excluding hydrogens is 572 g/mol. The highest BCUT2D eigenvalue weighted by Crippen LogP contribution is 2.41. The first-order valence-electron chi connectivity index (χ1n) is 12.1. The van der Waals surface area contributed by atoms with Gasteiger partial charge in [0.2, 0.25) is 0 Å². The maximum Gasteiger partial charge on any atom is 0.416 e. The first-order valence-corrected chi connectivity index (χ1v) is 13.9. The first kappa shape index (κ1) is 29.4. The maximum absolute atomic E-state index is 14.5. The molecular formula is C28H25ClF4N2O4S. The van der Waals surface area contributed by atoms with Crippen LogP contribution < -0.4 is 9.21 Å². The molecule has 3 aromatic carbocycles. The fourth-order valence-corrected chi connectivity index (χ4v) is 6.56. The third kappa shape index (κ3) is 5.95. The molecule has 4 rings (SSSR count). The second-order valence-corrected chi connectivity index (χ2v) is 11.7. The quantitative estimate of drug-likeness (QED) is 0.236. The van der Waals surface area contributed by atoms with Crippen molar-refractivity contribution in [1.82, 2.24) is 0 Å². The molecule has 0 radical (unpaired) electrons. The molecule has 1 heterocycles. The summed E-state index contributed by atoms with van der Waals surface area (Å²) in [5.41, 5.74) is 0.667. The molecule has 1 unspecified atom stereocenters. The van der Waals surface area contributed by atoms with Crippen molar-refractivity contribution in [3.05, 3.63) is 88.2 Å². The van der Waals surface area contributed by atoms with Crippen molar-refractivity contribution in [3.63, 3.8) is 0 Å². The van der Waals surface area contributed by atoms with Crippen LogP contribution >= 0.6 is 11.6 Å². The van der Waals surface area contributed by atoms with Gasteiger partial charge in [-0.25, -0.2) is 12.8 Å². The third-order valence-electron chi connectivity index (χ3n) is 6.75. The number of likely N-dealkylation sites (N-methyl/N-ethyl adjacent to an activating group) is 1. The van der Waals surface area contributed by atoms with Crippen LogP contribution in [0.3, 0.4) is 0 Å². The lowest BCUT2D eigenvalue weighted by atomic mass is 10.0. The maximum atomic E-state index is 14.5. The van der Waals surface area contributed by atoms with Crippen LogP contribution in [0.25, 0.3) is 11.6 Å². The van der Waals surface area contributed by atoms with E-state index in [1.807, 2.05) is 0 Å². The van der Waals surface area contributed by atoms with E-state index < -0.39 is 44.5 Å². The number of nitrogens with zero attached hydrogens (tertiary/aromatic N) is 2. The van der Waals surface area contributed by atoms with E-state index in [1.54, 1.807) is 49.2 Å². The molecule has 0 aliphatic carbocycles. The number of alkyl halides is 3. The van der Waals surface area contributed by atoms with Crippen LogP contribution in [0.2, 0.25) is 5.02 Å². The molecule has 212 valence electrons. The minimum Gasteiger partial charge on any atom is -0.481 e. The van der Waals surface area contributed by atoms with Crippen LogP contribution in [0.4, 0.5) is 28.9 Å². The number of allylic oxidation sites excluding steroid dienone is 1. The normalized spacial score (nSPS) is 16.2. The molecule has 0 bridgehead atoms. The Morgan fingerprint density at radius 3 is 2.45 bits per heavy atom. The van der Waals surface area contributed by atoms with Crippen molar-refractivity contribution in [2.75, 3.05) is 22.8 Å². The number of halogens is 5. The molecule has 6 nitrogen and oxygen atoms in total. The van der Waals surface area contributed by atoms with Gasteiger partial charge in [0.05, 0.1) is 33.4 Å². The van der Waals surface area contributed by atoms with Gasteiger partial charge in [-0.3, -0.25) is 9.10 Å². The summed E-state index contributed by atoms with van der Waals surface area (Å²) in [6.07, 6.45) is -3.26. The highest BCUT2D eigenvalue weighted by Gasteiger charge is 2.38. The molecule has 0 fully saturated rings. The van der Waals surface area contributed by atoms with Crippen LogP contribution in [0.5, 0.6) is 0 Å². The van der Waals surface area contributed by atoms with Gasteiger partial charge >= 0.3 is 12.1 Å². The van der Waals surface area contributed by atoms with E-state index in [-0.39, 0.29) is 35.7 Å². The molecule has 1 atom stereocenters. The van der Waals surface area contributed by atoms with Gasteiger partial charge in [-0.15, -0.1) is 0 Å². The Morgan fingerprint density at radius 2 is 1.80 bits per heavy atom. The number of hydrogen-bond acceptors (Lipinski definition) is 4. The van der Waals surface area contributed by atoms with Gasteiger partial charge in [0.15, 0.2) is 0 Å². The van der Waals surface area contributed by atoms with Gasteiger partial charge in [0, 0.05) is 25.1 Å². The van der Waals surface area contributed by atoms with E-state index in [1.165, 1.54) is 12.1 Å². The number of carboxylic acid groups (broad SMARTS) is 1.